The molecule has 0 N–H and O–H groups in total. The molecule has 1 unspecified atom stereocenters. The number of halogens is 1. The van der Waals surface area contributed by atoms with Crippen molar-refractivity contribution >= 4 is 23.1 Å². The molecule has 6 rings (SSSR count). The minimum Gasteiger partial charge on any atom is -0.311 e. The van der Waals surface area contributed by atoms with Crippen molar-refractivity contribution in [1.29, 1.82) is 0 Å². The Kier molecular flexibility index (Phi) is 5.71. The molecule has 0 fully saturated rings. The summed E-state index contributed by atoms with van der Waals surface area (Å²) in [6, 6.07) is 44.9. The van der Waals surface area contributed by atoms with E-state index < -0.39 is 5.41 Å². The second-order valence-corrected chi connectivity index (χ2v) is 9.21. The molecule has 0 saturated carbocycles. The molecule has 1 aliphatic rings. The lowest BCUT2D eigenvalue weighted by molar-refractivity contribution is 0.548. The first-order valence-electron chi connectivity index (χ1n) is 12.3. The third-order valence-electron chi connectivity index (χ3n) is 7.10. The van der Waals surface area contributed by atoms with Gasteiger partial charge in [-0.25, -0.2) is 4.39 Å². The van der Waals surface area contributed by atoms with Crippen LogP contribution in [0.25, 0.3) is 6.08 Å². The minimum atomic E-state index is -0.581. The molecule has 0 bridgehead atoms. The Labute approximate surface area is 211 Å². The van der Waals surface area contributed by atoms with E-state index in [4.69, 9.17) is 0 Å². The van der Waals surface area contributed by atoms with E-state index in [0.717, 1.165) is 22.6 Å². The standard InChI is InChI=1S/C34H26FN/c35-33-18-10-9-17-32(33)34(24-23-26-11-7-8-12-27(26)25-34)28-19-21-31(22-20-28)36(29-13-3-1-4-14-29)30-15-5-2-6-16-30/h1-24H,25H2. The van der Waals surface area contributed by atoms with Gasteiger partial charge in [0.25, 0.3) is 0 Å². The van der Waals surface area contributed by atoms with E-state index in [9.17, 15) is 0 Å². The van der Waals surface area contributed by atoms with E-state index in [1.165, 1.54) is 11.1 Å². The Morgan fingerprint density at radius 3 is 1.78 bits per heavy atom. The first kappa shape index (κ1) is 22.1. The van der Waals surface area contributed by atoms with E-state index in [1.807, 2.05) is 24.3 Å². The first-order valence-corrected chi connectivity index (χ1v) is 12.3. The van der Waals surface area contributed by atoms with Gasteiger partial charge in [-0.05, 0) is 65.6 Å². The Bertz CT molecular complexity index is 1470. The van der Waals surface area contributed by atoms with E-state index in [0.29, 0.717) is 12.0 Å². The van der Waals surface area contributed by atoms with E-state index >= 15 is 4.39 Å². The maximum atomic E-state index is 15.3. The molecular formula is C34H26FN. The van der Waals surface area contributed by atoms with Crippen molar-refractivity contribution < 1.29 is 4.39 Å². The lowest BCUT2D eigenvalue weighted by Crippen LogP contribution is -2.31. The van der Waals surface area contributed by atoms with Crippen LogP contribution < -0.4 is 4.90 Å². The van der Waals surface area contributed by atoms with E-state index in [1.54, 1.807) is 12.1 Å². The van der Waals surface area contributed by atoms with Crippen LogP contribution in [0.2, 0.25) is 0 Å². The average molecular weight is 468 g/mol. The zero-order chi connectivity index (χ0) is 24.4. The zero-order valence-corrected chi connectivity index (χ0v) is 19.9. The largest absolute Gasteiger partial charge is 0.311 e. The molecule has 0 radical (unpaired) electrons. The molecule has 0 aliphatic heterocycles. The Hall–Kier alpha value is -4.43. The van der Waals surface area contributed by atoms with Crippen LogP contribution >= 0.6 is 0 Å². The monoisotopic (exact) mass is 467 g/mol. The number of benzene rings is 5. The molecule has 1 atom stereocenters. The van der Waals surface area contributed by atoms with Crippen LogP contribution in [0.4, 0.5) is 21.5 Å². The summed E-state index contributed by atoms with van der Waals surface area (Å²) in [5.41, 5.74) is 6.85. The van der Waals surface area contributed by atoms with Crippen LogP contribution in [0.15, 0.2) is 140 Å². The van der Waals surface area contributed by atoms with Gasteiger partial charge in [-0.15, -0.1) is 0 Å². The molecule has 36 heavy (non-hydrogen) atoms. The van der Waals surface area contributed by atoms with Gasteiger partial charge in [-0.3, -0.25) is 0 Å². The van der Waals surface area contributed by atoms with Crippen LogP contribution in [0, 0.1) is 5.82 Å². The zero-order valence-electron chi connectivity index (χ0n) is 19.9. The van der Waals surface area contributed by atoms with Gasteiger partial charge < -0.3 is 4.90 Å². The molecular weight excluding hydrogens is 441 g/mol. The highest BCUT2D eigenvalue weighted by molar-refractivity contribution is 5.77. The summed E-state index contributed by atoms with van der Waals surface area (Å²) in [7, 11) is 0. The Morgan fingerprint density at radius 2 is 1.11 bits per heavy atom. The highest BCUT2D eigenvalue weighted by Gasteiger charge is 2.36. The number of hydrogen-bond donors (Lipinski definition) is 0. The number of nitrogens with zero attached hydrogens (tertiary/aromatic N) is 1. The third kappa shape index (κ3) is 3.91. The Balaban J connectivity index is 1.47. The molecule has 0 saturated heterocycles. The van der Waals surface area contributed by atoms with Gasteiger partial charge in [-0.1, -0.05) is 103 Å². The third-order valence-corrected chi connectivity index (χ3v) is 7.10. The molecule has 0 heterocycles. The van der Waals surface area contributed by atoms with Gasteiger partial charge in [0.2, 0.25) is 0 Å². The number of hydrogen-bond acceptors (Lipinski definition) is 1. The van der Waals surface area contributed by atoms with Crippen LogP contribution in [0.1, 0.15) is 22.3 Å². The van der Waals surface area contributed by atoms with Crippen molar-refractivity contribution in [3.8, 4) is 0 Å². The predicted octanol–water partition coefficient (Wildman–Crippen LogP) is 8.85. The van der Waals surface area contributed by atoms with E-state index in [-0.39, 0.29) is 5.82 Å². The van der Waals surface area contributed by atoms with Gasteiger partial charge in [-0.2, -0.15) is 0 Å². The quantitative estimate of drug-likeness (QED) is 0.249. The summed E-state index contributed by atoms with van der Waals surface area (Å²) in [4.78, 5) is 2.24. The fraction of sp³-hybridized carbons (Fsp3) is 0.0588. The number of anilines is 3. The SMILES string of the molecule is Fc1ccccc1C1(c2ccc(N(c3ccccc3)c3ccccc3)cc2)C=Cc2ccccc2C1. The second kappa shape index (κ2) is 9.31. The molecule has 0 spiro atoms. The van der Waals surface area contributed by atoms with Crippen LogP contribution in [-0.4, -0.2) is 0 Å². The fourth-order valence-electron chi connectivity index (χ4n) is 5.32. The highest BCUT2D eigenvalue weighted by atomic mass is 19.1. The molecule has 0 amide bonds. The molecule has 0 aromatic heterocycles. The number of rotatable bonds is 5. The summed E-state index contributed by atoms with van der Waals surface area (Å²) >= 11 is 0. The summed E-state index contributed by atoms with van der Waals surface area (Å²) in [6.45, 7) is 0. The summed E-state index contributed by atoms with van der Waals surface area (Å²) in [5.74, 6) is -0.180. The van der Waals surface area contributed by atoms with Crippen molar-refractivity contribution in [1.82, 2.24) is 0 Å². The maximum Gasteiger partial charge on any atom is 0.127 e. The summed E-state index contributed by atoms with van der Waals surface area (Å²) in [6.07, 6.45) is 5.02. The normalized spacial score (nSPS) is 16.4. The van der Waals surface area contributed by atoms with E-state index in [2.05, 4.69) is 114 Å². The lowest BCUT2D eigenvalue weighted by atomic mass is 9.67. The molecule has 5 aromatic rings. The minimum absolute atomic E-state index is 0.180. The molecule has 1 aliphatic carbocycles. The fourth-order valence-corrected chi connectivity index (χ4v) is 5.32. The maximum absolute atomic E-state index is 15.3. The molecule has 2 heteroatoms. The number of fused-ring (bicyclic) bond motifs is 1. The topological polar surface area (TPSA) is 3.24 Å². The average Bonchev–Trinajstić information content (AvgIpc) is 2.95. The number of para-hydroxylation sites is 2. The van der Waals surface area contributed by atoms with Crippen molar-refractivity contribution in [2.45, 2.75) is 11.8 Å². The molecule has 5 aromatic carbocycles. The predicted molar refractivity (Wildman–Crippen MR) is 147 cm³/mol. The Morgan fingerprint density at radius 1 is 0.556 bits per heavy atom. The van der Waals surface area contributed by atoms with Crippen LogP contribution in [-0.2, 0) is 11.8 Å². The van der Waals surface area contributed by atoms with Crippen LogP contribution in [0.3, 0.4) is 0 Å². The lowest BCUT2D eigenvalue weighted by Gasteiger charge is -2.36. The second-order valence-electron chi connectivity index (χ2n) is 9.21. The van der Waals surface area contributed by atoms with Crippen molar-refractivity contribution in [3.63, 3.8) is 0 Å². The van der Waals surface area contributed by atoms with Crippen molar-refractivity contribution in [2.75, 3.05) is 4.90 Å². The van der Waals surface area contributed by atoms with Crippen molar-refractivity contribution in [2.24, 2.45) is 0 Å². The smallest absolute Gasteiger partial charge is 0.127 e. The van der Waals surface area contributed by atoms with Crippen LogP contribution in [0.5, 0.6) is 0 Å². The summed E-state index contributed by atoms with van der Waals surface area (Å²) < 4.78 is 15.3. The van der Waals surface area contributed by atoms with Gasteiger partial charge >= 0.3 is 0 Å². The van der Waals surface area contributed by atoms with Gasteiger partial charge in [0.05, 0.1) is 0 Å². The van der Waals surface area contributed by atoms with Gasteiger partial charge in [0.15, 0.2) is 0 Å². The van der Waals surface area contributed by atoms with Gasteiger partial charge in [0.1, 0.15) is 5.82 Å². The summed E-state index contributed by atoms with van der Waals surface area (Å²) in [5, 5.41) is 0. The van der Waals surface area contributed by atoms with Crippen molar-refractivity contribution in [3.05, 3.63) is 168 Å². The molecule has 1 nitrogen and oxygen atoms in total. The number of allylic oxidation sites excluding steroid dienone is 1. The first-order chi connectivity index (χ1) is 17.7. The van der Waals surface area contributed by atoms with Gasteiger partial charge in [0, 0.05) is 28.0 Å². The highest BCUT2D eigenvalue weighted by Crippen LogP contribution is 2.44. The molecule has 174 valence electrons.